The summed E-state index contributed by atoms with van der Waals surface area (Å²) in [4.78, 5) is 22.1. The van der Waals surface area contributed by atoms with E-state index in [1.54, 1.807) is 22.9 Å². The molecule has 0 spiro atoms. The zero-order valence-corrected chi connectivity index (χ0v) is 15.0. The van der Waals surface area contributed by atoms with Gasteiger partial charge in [-0.25, -0.2) is 4.98 Å². The van der Waals surface area contributed by atoms with Gasteiger partial charge in [-0.2, -0.15) is 0 Å². The molecule has 130 valence electrons. The van der Waals surface area contributed by atoms with Gasteiger partial charge in [-0.3, -0.25) is 14.2 Å². The molecule has 6 heteroatoms. The first kappa shape index (κ1) is 16.5. The van der Waals surface area contributed by atoms with E-state index in [1.807, 2.05) is 36.4 Å². The van der Waals surface area contributed by atoms with E-state index in [9.17, 15) is 4.79 Å². The first-order valence-corrected chi connectivity index (χ1v) is 8.86. The van der Waals surface area contributed by atoms with Crippen molar-refractivity contribution in [1.29, 1.82) is 0 Å². The molecule has 3 aromatic heterocycles. The first-order chi connectivity index (χ1) is 12.7. The number of nitrogens with zero attached hydrogens (tertiary/aromatic N) is 3. The number of carbonyl (C=O) groups excluding carboxylic acids is 1. The van der Waals surface area contributed by atoms with Gasteiger partial charge in [0.1, 0.15) is 11.3 Å². The second-order valence-electron chi connectivity index (χ2n) is 6.07. The van der Waals surface area contributed by atoms with Crippen molar-refractivity contribution < 1.29 is 4.79 Å². The third-order valence-electron chi connectivity index (χ3n) is 4.24. The van der Waals surface area contributed by atoms with E-state index in [0.29, 0.717) is 22.1 Å². The minimum absolute atomic E-state index is 0.221. The van der Waals surface area contributed by atoms with E-state index in [1.165, 1.54) is 0 Å². The van der Waals surface area contributed by atoms with Crippen LogP contribution in [-0.4, -0.2) is 20.3 Å². The molecule has 26 heavy (non-hydrogen) atoms. The summed E-state index contributed by atoms with van der Waals surface area (Å²) in [5.41, 5.74) is 3.41. The molecule has 4 rings (SSSR count). The minimum atomic E-state index is -0.221. The number of hydrogen-bond acceptors (Lipinski definition) is 3. The van der Waals surface area contributed by atoms with Gasteiger partial charge in [0.15, 0.2) is 0 Å². The second kappa shape index (κ2) is 6.77. The Hall–Kier alpha value is -2.92. The summed E-state index contributed by atoms with van der Waals surface area (Å²) in [5, 5.41) is 4.52. The summed E-state index contributed by atoms with van der Waals surface area (Å²) >= 11 is 6.13. The molecule has 0 aliphatic rings. The molecule has 3 heterocycles. The topological polar surface area (TPSA) is 59.3 Å². The van der Waals surface area contributed by atoms with Crippen molar-refractivity contribution in [3.8, 4) is 0 Å². The maximum Gasteiger partial charge on any atom is 0.274 e. The third kappa shape index (κ3) is 2.91. The summed E-state index contributed by atoms with van der Waals surface area (Å²) in [7, 11) is 0. The van der Waals surface area contributed by atoms with Gasteiger partial charge in [-0.15, -0.1) is 0 Å². The number of aryl methyl sites for hydroxylation is 1. The Morgan fingerprint density at radius 2 is 2.04 bits per heavy atom. The van der Waals surface area contributed by atoms with Crippen LogP contribution in [0.1, 0.15) is 29.5 Å². The van der Waals surface area contributed by atoms with Crippen molar-refractivity contribution >= 4 is 39.7 Å². The number of halogens is 1. The number of pyridine rings is 2. The van der Waals surface area contributed by atoms with Crippen molar-refractivity contribution in [3.63, 3.8) is 0 Å². The van der Waals surface area contributed by atoms with Crippen LogP contribution in [-0.2, 0) is 6.42 Å². The molecular formula is C20H17ClN4O. The van der Waals surface area contributed by atoms with Gasteiger partial charge in [0.05, 0.1) is 21.9 Å². The molecule has 0 saturated heterocycles. The molecule has 0 aliphatic heterocycles. The molecule has 0 saturated carbocycles. The molecule has 1 amide bonds. The van der Waals surface area contributed by atoms with Crippen LogP contribution >= 0.6 is 11.6 Å². The highest BCUT2D eigenvalue weighted by Crippen LogP contribution is 2.23. The Kier molecular flexibility index (Phi) is 4.31. The highest BCUT2D eigenvalue weighted by atomic mass is 35.5. The summed E-state index contributed by atoms with van der Waals surface area (Å²) in [5.74, 6) is -0.221. The number of amides is 1. The van der Waals surface area contributed by atoms with Crippen LogP contribution in [0.4, 0.5) is 5.69 Å². The molecule has 4 aromatic rings. The Bertz CT molecular complexity index is 1110. The molecule has 0 fully saturated rings. The third-order valence-corrected chi connectivity index (χ3v) is 4.46. The Labute approximate surface area is 155 Å². The zero-order valence-electron chi connectivity index (χ0n) is 14.2. The number of hydrogen-bond donors (Lipinski definition) is 1. The van der Waals surface area contributed by atoms with Crippen LogP contribution < -0.4 is 5.32 Å². The van der Waals surface area contributed by atoms with Crippen LogP contribution in [0.2, 0.25) is 5.02 Å². The number of rotatable bonds is 4. The lowest BCUT2D eigenvalue weighted by atomic mass is 10.1. The second-order valence-corrected chi connectivity index (χ2v) is 6.50. The van der Waals surface area contributed by atoms with E-state index >= 15 is 0 Å². The number of benzene rings is 1. The number of anilines is 1. The first-order valence-electron chi connectivity index (χ1n) is 8.49. The number of carbonyl (C=O) groups is 1. The largest absolute Gasteiger partial charge is 0.319 e. The van der Waals surface area contributed by atoms with E-state index in [2.05, 4.69) is 22.2 Å². The van der Waals surface area contributed by atoms with Crippen LogP contribution in [0.25, 0.3) is 16.6 Å². The monoisotopic (exact) mass is 364 g/mol. The molecule has 0 radical (unpaired) electrons. The van der Waals surface area contributed by atoms with Crippen molar-refractivity contribution in [1.82, 2.24) is 14.4 Å². The summed E-state index contributed by atoms with van der Waals surface area (Å²) < 4.78 is 1.75. The van der Waals surface area contributed by atoms with E-state index < -0.39 is 0 Å². The maximum atomic E-state index is 13.1. The summed E-state index contributed by atoms with van der Waals surface area (Å²) in [6.45, 7) is 2.06. The van der Waals surface area contributed by atoms with Crippen LogP contribution in [0.3, 0.4) is 0 Å². The van der Waals surface area contributed by atoms with Gasteiger partial charge in [0.2, 0.25) is 0 Å². The lowest BCUT2D eigenvalue weighted by Gasteiger charge is -2.09. The van der Waals surface area contributed by atoms with Crippen molar-refractivity contribution in [2.24, 2.45) is 0 Å². The molecule has 0 atom stereocenters. The summed E-state index contributed by atoms with van der Waals surface area (Å²) in [6.07, 6.45) is 5.05. The summed E-state index contributed by atoms with van der Waals surface area (Å²) in [6, 6.07) is 13.2. The average Bonchev–Trinajstić information content (AvgIpc) is 2.99. The molecule has 5 nitrogen and oxygen atoms in total. The molecule has 1 N–H and O–H groups in total. The fraction of sp³-hybridized carbons (Fsp3) is 0.150. The molecule has 0 unspecified atom stereocenters. The minimum Gasteiger partial charge on any atom is -0.319 e. The number of nitrogens with one attached hydrogen (secondary N) is 1. The molecular weight excluding hydrogens is 348 g/mol. The van der Waals surface area contributed by atoms with Crippen LogP contribution in [0, 0.1) is 0 Å². The highest BCUT2D eigenvalue weighted by Gasteiger charge is 2.20. The Morgan fingerprint density at radius 1 is 1.19 bits per heavy atom. The zero-order chi connectivity index (χ0) is 18.1. The van der Waals surface area contributed by atoms with Crippen molar-refractivity contribution in [2.75, 3.05) is 5.32 Å². The lowest BCUT2D eigenvalue weighted by molar-refractivity contribution is 0.102. The van der Waals surface area contributed by atoms with Gasteiger partial charge in [0.25, 0.3) is 5.91 Å². The smallest absolute Gasteiger partial charge is 0.274 e. The fourth-order valence-corrected chi connectivity index (χ4v) is 3.27. The molecule has 1 aromatic carbocycles. The standard InChI is InChI=1S/C20H17ClN4O/c1-2-5-16-19(25-12-14(21)9-10-17(25)23-16)20(26)24-15-8-3-6-13-7-4-11-22-18(13)15/h3-4,6-12H,2,5H2,1H3,(H,24,26). The number of fused-ring (bicyclic) bond motifs is 2. The predicted octanol–water partition coefficient (Wildman–Crippen LogP) is 4.74. The van der Waals surface area contributed by atoms with E-state index in [-0.39, 0.29) is 5.91 Å². The molecule has 0 bridgehead atoms. The highest BCUT2D eigenvalue weighted by molar-refractivity contribution is 6.30. The van der Waals surface area contributed by atoms with E-state index in [0.717, 1.165) is 29.4 Å². The average molecular weight is 365 g/mol. The number of aromatic nitrogens is 3. The molecule has 0 aliphatic carbocycles. The number of imidazole rings is 1. The fourth-order valence-electron chi connectivity index (χ4n) is 3.11. The van der Waals surface area contributed by atoms with Gasteiger partial charge in [-0.1, -0.05) is 43.1 Å². The van der Waals surface area contributed by atoms with Gasteiger partial charge in [0, 0.05) is 17.8 Å². The number of para-hydroxylation sites is 1. The Balaban J connectivity index is 1.80. The van der Waals surface area contributed by atoms with Crippen molar-refractivity contribution in [3.05, 3.63) is 71.3 Å². The van der Waals surface area contributed by atoms with Crippen molar-refractivity contribution in [2.45, 2.75) is 19.8 Å². The van der Waals surface area contributed by atoms with E-state index in [4.69, 9.17) is 11.6 Å². The normalized spacial score (nSPS) is 11.2. The lowest BCUT2D eigenvalue weighted by Crippen LogP contribution is -2.16. The van der Waals surface area contributed by atoms with Crippen LogP contribution in [0.15, 0.2) is 54.9 Å². The predicted molar refractivity (Wildman–Crippen MR) is 104 cm³/mol. The Morgan fingerprint density at radius 3 is 2.88 bits per heavy atom. The SMILES string of the molecule is CCCc1nc2ccc(Cl)cn2c1C(=O)Nc1cccc2cccnc12. The van der Waals surface area contributed by atoms with Crippen LogP contribution in [0.5, 0.6) is 0 Å². The van der Waals surface area contributed by atoms with Gasteiger partial charge >= 0.3 is 0 Å². The maximum absolute atomic E-state index is 13.1. The van der Waals surface area contributed by atoms with Gasteiger partial charge < -0.3 is 5.32 Å². The van der Waals surface area contributed by atoms with Gasteiger partial charge in [-0.05, 0) is 30.7 Å². The quantitative estimate of drug-likeness (QED) is 0.569.